The molecule has 0 radical (unpaired) electrons. The number of rotatable bonds is 4. The third kappa shape index (κ3) is 3.89. The molecule has 98 valence electrons. The largest absolute Gasteiger partial charge is 0.481 e. The third-order valence-electron chi connectivity index (χ3n) is 2.20. The molecule has 0 saturated heterocycles. The van der Waals surface area contributed by atoms with Gasteiger partial charge in [0.05, 0.1) is 17.1 Å². The van der Waals surface area contributed by atoms with Gasteiger partial charge in [-0.2, -0.15) is 0 Å². The Morgan fingerprint density at radius 1 is 1.50 bits per heavy atom. The summed E-state index contributed by atoms with van der Waals surface area (Å²) in [7, 11) is 1.44. The third-order valence-corrected chi connectivity index (χ3v) is 2.59. The number of anilines is 1. The molecule has 0 bridgehead atoms. The van der Waals surface area contributed by atoms with Crippen LogP contribution >= 0.6 is 11.6 Å². The van der Waals surface area contributed by atoms with E-state index in [-0.39, 0.29) is 23.7 Å². The van der Waals surface area contributed by atoms with Crippen molar-refractivity contribution >= 4 is 29.3 Å². The zero-order valence-corrected chi connectivity index (χ0v) is 10.4. The first kappa shape index (κ1) is 14.2. The van der Waals surface area contributed by atoms with Gasteiger partial charge >= 0.3 is 12.0 Å². The fourth-order valence-corrected chi connectivity index (χ4v) is 1.35. The molecule has 18 heavy (non-hydrogen) atoms. The number of hydrogen-bond acceptors (Lipinski definition) is 2. The minimum Gasteiger partial charge on any atom is -0.481 e. The molecule has 0 aliphatic carbocycles. The Hall–Kier alpha value is -1.82. The van der Waals surface area contributed by atoms with Gasteiger partial charge in [-0.25, -0.2) is 9.18 Å². The molecule has 5 nitrogen and oxygen atoms in total. The molecule has 2 amide bonds. The van der Waals surface area contributed by atoms with E-state index in [1.54, 1.807) is 0 Å². The second kappa shape index (κ2) is 6.20. The van der Waals surface area contributed by atoms with Gasteiger partial charge in [-0.1, -0.05) is 17.7 Å². The summed E-state index contributed by atoms with van der Waals surface area (Å²) in [4.78, 5) is 23.2. The first-order valence-corrected chi connectivity index (χ1v) is 5.47. The van der Waals surface area contributed by atoms with Gasteiger partial charge in [0.1, 0.15) is 5.82 Å². The van der Waals surface area contributed by atoms with Crippen molar-refractivity contribution in [2.24, 2.45) is 0 Å². The van der Waals surface area contributed by atoms with Crippen molar-refractivity contribution in [1.82, 2.24) is 4.90 Å². The van der Waals surface area contributed by atoms with E-state index in [4.69, 9.17) is 16.7 Å². The SMILES string of the molecule is CN(CCC(=O)O)C(=O)Nc1cccc(F)c1Cl. The van der Waals surface area contributed by atoms with Crippen LogP contribution in [0.5, 0.6) is 0 Å². The highest BCUT2D eigenvalue weighted by Crippen LogP contribution is 2.24. The number of nitrogens with zero attached hydrogens (tertiary/aromatic N) is 1. The van der Waals surface area contributed by atoms with Crippen LogP contribution in [0.25, 0.3) is 0 Å². The molecular formula is C11H12ClFN2O3. The van der Waals surface area contributed by atoms with E-state index >= 15 is 0 Å². The second-order valence-electron chi connectivity index (χ2n) is 3.60. The standard InChI is InChI=1S/C11H12ClFN2O3/c1-15(6-5-9(16)17)11(18)14-8-4-2-3-7(13)10(8)12/h2-4H,5-6H2,1H3,(H,14,18)(H,16,17). The number of nitrogens with one attached hydrogen (secondary N) is 1. The van der Waals surface area contributed by atoms with E-state index in [0.29, 0.717) is 0 Å². The van der Waals surface area contributed by atoms with Gasteiger partial charge in [-0.05, 0) is 12.1 Å². The fourth-order valence-electron chi connectivity index (χ4n) is 1.18. The van der Waals surface area contributed by atoms with Gasteiger partial charge in [0.15, 0.2) is 0 Å². The molecule has 0 aromatic heterocycles. The molecule has 0 saturated carbocycles. The van der Waals surface area contributed by atoms with E-state index in [1.807, 2.05) is 0 Å². The number of carboxylic acids is 1. The Kier molecular flexibility index (Phi) is 4.91. The van der Waals surface area contributed by atoms with Crippen molar-refractivity contribution in [3.05, 3.63) is 29.0 Å². The quantitative estimate of drug-likeness (QED) is 0.886. The van der Waals surface area contributed by atoms with Gasteiger partial charge in [0.25, 0.3) is 0 Å². The van der Waals surface area contributed by atoms with Crippen molar-refractivity contribution in [2.45, 2.75) is 6.42 Å². The van der Waals surface area contributed by atoms with Crippen molar-refractivity contribution in [3.63, 3.8) is 0 Å². The summed E-state index contributed by atoms with van der Waals surface area (Å²) in [6, 6.07) is 3.48. The average molecular weight is 275 g/mol. The van der Waals surface area contributed by atoms with Crippen molar-refractivity contribution < 1.29 is 19.1 Å². The lowest BCUT2D eigenvalue weighted by molar-refractivity contribution is -0.137. The smallest absolute Gasteiger partial charge is 0.321 e. The van der Waals surface area contributed by atoms with Gasteiger partial charge in [-0.15, -0.1) is 0 Å². The minimum absolute atomic E-state index is 0.0497. The molecule has 0 aliphatic heterocycles. The Morgan fingerprint density at radius 3 is 2.78 bits per heavy atom. The monoisotopic (exact) mass is 274 g/mol. The maximum Gasteiger partial charge on any atom is 0.321 e. The summed E-state index contributed by atoms with van der Waals surface area (Å²) < 4.78 is 13.1. The average Bonchev–Trinajstić information content (AvgIpc) is 2.31. The fraction of sp³-hybridized carbons (Fsp3) is 0.273. The number of carboxylic acid groups (broad SMARTS) is 1. The Morgan fingerprint density at radius 2 is 2.17 bits per heavy atom. The molecule has 0 fully saturated rings. The van der Waals surface area contributed by atoms with Crippen molar-refractivity contribution in [1.29, 1.82) is 0 Å². The summed E-state index contributed by atoms with van der Waals surface area (Å²) in [5, 5.41) is 10.7. The highest BCUT2D eigenvalue weighted by atomic mass is 35.5. The maximum absolute atomic E-state index is 13.1. The summed E-state index contributed by atoms with van der Waals surface area (Å²) in [5.41, 5.74) is 0.142. The van der Waals surface area contributed by atoms with E-state index < -0.39 is 17.8 Å². The van der Waals surface area contributed by atoms with Crippen LogP contribution in [0.3, 0.4) is 0 Å². The molecule has 0 spiro atoms. The molecule has 0 aliphatic rings. The van der Waals surface area contributed by atoms with Crippen LogP contribution in [-0.4, -0.2) is 35.6 Å². The van der Waals surface area contributed by atoms with E-state index in [9.17, 15) is 14.0 Å². The van der Waals surface area contributed by atoms with Crippen LogP contribution < -0.4 is 5.32 Å². The number of halogens is 2. The van der Waals surface area contributed by atoms with E-state index in [2.05, 4.69) is 5.32 Å². The second-order valence-corrected chi connectivity index (χ2v) is 3.97. The lowest BCUT2D eigenvalue weighted by Gasteiger charge is -2.17. The van der Waals surface area contributed by atoms with Crippen LogP contribution in [0, 0.1) is 5.82 Å². The summed E-state index contributed by atoms with van der Waals surface area (Å²) in [6.07, 6.45) is -0.166. The predicted molar refractivity (Wildman–Crippen MR) is 65.3 cm³/mol. The highest BCUT2D eigenvalue weighted by Gasteiger charge is 2.13. The van der Waals surface area contributed by atoms with Crippen molar-refractivity contribution in [3.8, 4) is 0 Å². The molecule has 0 unspecified atom stereocenters. The van der Waals surface area contributed by atoms with E-state index in [1.165, 1.54) is 30.1 Å². The van der Waals surface area contributed by atoms with Crippen LogP contribution in [0.15, 0.2) is 18.2 Å². The number of carbonyl (C=O) groups excluding carboxylic acids is 1. The number of aliphatic carboxylic acids is 1. The molecule has 2 N–H and O–H groups in total. The molecule has 1 rings (SSSR count). The highest BCUT2D eigenvalue weighted by molar-refractivity contribution is 6.33. The predicted octanol–water partition coefficient (Wildman–Crippen LogP) is 2.42. The lowest BCUT2D eigenvalue weighted by atomic mass is 10.3. The Labute approximate surface area is 108 Å². The minimum atomic E-state index is -1.00. The number of hydrogen-bond donors (Lipinski definition) is 2. The molecule has 0 atom stereocenters. The zero-order valence-electron chi connectivity index (χ0n) is 9.61. The van der Waals surface area contributed by atoms with Crippen molar-refractivity contribution in [2.75, 3.05) is 18.9 Å². The Bertz CT molecular complexity index is 468. The van der Waals surface area contributed by atoms with Gasteiger partial charge in [0, 0.05) is 13.6 Å². The topological polar surface area (TPSA) is 69.6 Å². The zero-order chi connectivity index (χ0) is 13.7. The molecule has 0 heterocycles. The molecular weight excluding hydrogens is 263 g/mol. The molecule has 7 heteroatoms. The number of benzene rings is 1. The Balaban J connectivity index is 2.64. The first-order valence-electron chi connectivity index (χ1n) is 5.09. The normalized spacial score (nSPS) is 9.94. The summed E-state index contributed by atoms with van der Waals surface area (Å²) in [6.45, 7) is 0.0497. The number of amides is 2. The van der Waals surface area contributed by atoms with Crippen LogP contribution in [-0.2, 0) is 4.79 Å². The molecule has 1 aromatic rings. The van der Waals surface area contributed by atoms with Gasteiger partial charge in [-0.3, -0.25) is 4.79 Å². The summed E-state index contributed by atoms with van der Waals surface area (Å²) >= 11 is 5.67. The van der Waals surface area contributed by atoms with Crippen LogP contribution in [0.4, 0.5) is 14.9 Å². The maximum atomic E-state index is 13.1. The lowest BCUT2D eigenvalue weighted by Crippen LogP contribution is -2.33. The van der Waals surface area contributed by atoms with E-state index in [0.717, 1.165) is 0 Å². The van der Waals surface area contributed by atoms with Gasteiger partial charge < -0.3 is 15.3 Å². The summed E-state index contributed by atoms with van der Waals surface area (Å²) in [5.74, 6) is -1.64. The van der Waals surface area contributed by atoms with Crippen LogP contribution in [0.2, 0.25) is 5.02 Å². The van der Waals surface area contributed by atoms with Crippen LogP contribution in [0.1, 0.15) is 6.42 Å². The number of urea groups is 1. The van der Waals surface area contributed by atoms with Gasteiger partial charge in [0.2, 0.25) is 0 Å². The first-order chi connectivity index (χ1) is 8.41. The molecule has 1 aromatic carbocycles. The number of carbonyl (C=O) groups is 2.